The molecule has 0 radical (unpaired) electrons. The van der Waals surface area contributed by atoms with Crippen molar-refractivity contribution in [1.29, 1.82) is 0 Å². The number of hydrogen-bond donors (Lipinski definition) is 0. The number of hydrogen-bond acceptors (Lipinski definition) is 4. The van der Waals surface area contributed by atoms with Crippen molar-refractivity contribution in [3.05, 3.63) is 30.1 Å². The third kappa shape index (κ3) is 3.26. The van der Waals surface area contributed by atoms with Gasteiger partial charge in [0.1, 0.15) is 0 Å². The maximum Gasteiger partial charge on any atom is 0.240 e. The number of carbonyl (C=O) groups is 1. The summed E-state index contributed by atoms with van der Waals surface area (Å²) in [6, 6.07) is 7.03. The molecule has 23 heavy (non-hydrogen) atoms. The molecule has 2 saturated heterocycles. The molecule has 5 nitrogen and oxygen atoms in total. The molecule has 0 spiro atoms. The molecule has 1 amide bonds. The predicted octanol–water partition coefficient (Wildman–Crippen LogP) is 1.83. The first-order valence-electron chi connectivity index (χ1n) is 8.87. The van der Waals surface area contributed by atoms with Crippen LogP contribution in [0.2, 0.25) is 0 Å². The summed E-state index contributed by atoms with van der Waals surface area (Å²) in [5, 5.41) is 0. The third-order valence-electron chi connectivity index (χ3n) is 5.33. The molecule has 1 atom stereocenters. The van der Waals surface area contributed by atoms with E-state index in [4.69, 9.17) is 4.74 Å². The first kappa shape index (κ1) is 15.1. The summed E-state index contributed by atoms with van der Waals surface area (Å²) in [6.07, 6.45) is 7.21. The lowest BCUT2D eigenvalue weighted by Gasteiger charge is -2.33. The van der Waals surface area contributed by atoms with Crippen LogP contribution in [0.5, 0.6) is 0 Å². The Morgan fingerprint density at radius 1 is 1.17 bits per heavy atom. The molecule has 1 saturated carbocycles. The molecular formula is C18H25N3O2. The van der Waals surface area contributed by atoms with Crippen molar-refractivity contribution in [3.63, 3.8) is 0 Å². The summed E-state index contributed by atoms with van der Waals surface area (Å²) in [6.45, 7) is 3.28. The van der Waals surface area contributed by atoms with Crippen LogP contribution >= 0.6 is 0 Å². The van der Waals surface area contributed by atoms with E-state index >= 15 is 0 Å². The highest BCUT2D eigenvalue weighted by molar-refractivity contribution is 5.84. The summed E-state index contributed by atoms with van der Waals surface area (Å²) in [5.74, 6) is 0.333. The van der Waals surface area contributed by atoms with Gasteiger partial charge >= 0.3 is 0 Å². The lowest BCUT2D eigenvalue weighted by molar-refractivity contribution is -0.136. The van der Waals surface area contributed by atoms with Crippen LogP contribution < -0.4 is 0 Å². The zero-order valence-corrected chi connectivity index (χ0v) is 13.6. The second kappa shape index (κ2) is 6.57. The molecular weight excluding hydrogens is 290 g/mol. The third-order valence-corrected chi connectivity index (χ3v) is 5.33. The summed E-state index contributed by atoms with van der Waals surface area (Å²) < 4.78 is 5.44. The van der Waals surface area contributed by atoms with Crippen molar-refractivity contribution in [2.24, 2.45) is 0 Å². The van der Waals surface area contributed by atoms with Crippen LogP contribution in [0.15, 0.2) is 24.4 Å². The maximum atomic E-state index is 13.0. The van der Waals surface area contributed by atoms with Gasteiger partial charge in [0, 0.05) is 44.6 Å². The molecule has 5 heteroatoms. The number of aromatic nitrogens is 1. The standard InChI is InChI=1S/C18H25N3O2/c22-18-17(6-10-20(18)16-7-11-23-12-8-16)21(15-4-5-15)13-14-3-1-2-9-19-14/h1-3,9,15-17H,4-8,10-13H2. The molecule has 3 heterocycles. The van der Waals surface area contributed by atoms with E-state index in [2.05, 4.69) is 20.9 Å². The van der Waals surface area contributed by atoms with Crippen molar-refractivity contribution in [2.75, 3.05) is 19.8 Å². The summed E-state index contributed by atoms with van der Waals surface area (Å²) in [5.41, 5.74) is 1.07. The smallest absolute Gasteiger partial charge is 0.240 e. The van der Waals surface area contributed by atoms with Gasteiger partial charge in [0.2, 0.25) is 5.91 Å². The van der Waals surface area contributed by atoms with Crippen molar-refractivity contribution < 1.29 is 9.53 Å². The normalized spacial score (nSPS) is 26.2. The molecule has 3 aliphatic rings. The predicted molar refractivity (Wildman–Crippen MR) is 86.8 cm³/mol. The highest BCUT2D eigenvalue weighted by atomic mass is 16.5. The van der Waals surface area contributed by atoms with Crippen LogP contribution in [0.1, 0.15) is 37.8 Å². The maximum absolute atomic E-state index is 13.0. The first-order chi connectivity index (χ1) is 11.3. The van der Waals surface area contributed by atoms with Crippen LogP contribution in [-0.4, -0.2) is 58.6 Å². The van der Waals surface area contributed by atoms with Gasteiger partial charge in [-0.3, -0.25) is 14.7 Å². The van der Waals surface area contributed by atoms with E-state index in [0.29, 0.717) is 18.0 Å². The molecule has 0 N–H and O–H groups in total. The van der Waals surface area contributed by atoms with E-state index in [9.17, 15) is 4.79 Å². The second-order valence-corrected chi connectivity index (χ2v) is 6.90. The van der Waals surface area contributed by atoms with E-state index in [1.807, 2.05) is 18.3 Å². The van der Waals surface area contributed by atoms with E-state index in [1.165, 1.54) is 12.8 Å². The molecule has 1 unspecified atom stereocenters. The summed E-state index contributed by atoms with van der Waals surface area (Å²) in [7, 11) is 0. The number of likely N-dealkylation sites (tertiary alicyclic amines) is 1. The number of carbonyl (C=O) groups excluding carboxylic acids is 1. The lowest BCUT2D eigenvalue weighted by Crippen LogP contribution is -2.46. The van der Waals surface area contributed by atoms with Gasteiger partial charge in [-0.25, -0.2) is 0 Å². The van der Waals surface area contributed by atoms with Crippen molar-refractivity contribution >= 4 is 5.91 Å². The Morgan fingerprint density at radius 3 is 2.70 bits per heavy atom. The minimum absolute atomic E-state index is 0.0485. The van der Waals surface area contributed by atoms with Gasteiger partial charge in [-0.2, -0.15) is 0 Å². The molecule has 4 rings (SSSR count). The molecule has 1 aliphatic carbocycles. The first-order valence-corrected chi connectivity index (χ1v) is 8.87. The minimum atomic E-state index is 0.0485. The fourth-order valence-corrected chi connectivity index (χ4v) is 3.93. The molecule has 0 aromatic carbocycles. The molecule has 1 aromatic heterocycles. The SMILES string of the molecule is O=C1C(N(Cc2ccccn2)C2CC2)CCN1C1CCOCC1. The van der Waals surface area contributed by atoms with Crippen LogP contribution in [0, 0.1) is 0 Å². The Labute approximate surface area is 137 Å². The fraction of sp³-hybridized carbons (Fsp3) is 0.667. The number of rotatable bonds is 5. The van der Waals surface area contributed by atoms with E-state index < -0.39 is 0 Å². The van der Waals surface area contributed by atoms with Gasteiger partial charge in [-0.1, -0.05) is 6.07 Å². The Kier molecular flexibility index (Phi) is 4.31. The monoisotopic (exact) mass is 315 g/mol. The zero-order chi connectivity index (χ0) is 15.6. The number of nitrogens with zero attached hydrogens (tertiary/aromatic N) is 3. The highest BCUT2D eigenvalue weighted by Crippen LogP contribution is 2.34. The Bertz CT molecular complexity index is 540. The number of ether oxygens (including phenoxy) is 1. The largest absolute Gasteiger partial charge is 0.381 e. The lowest BCUT2D eigenvalue weighted by atomic mass is 10.1. The number of amides is 1. The van der Waals surface area contributed by atoms with Crippen molar-refractivity contribution in [3.8, 4) is 0 Å². The van der Waals surface area contributed by atoms with Crippen LogP contribution in [0.3, 0.4) is 0 Å². The molecule has 3 fully saturated rings. The molecule has 2 aliphatic heterocycles. The van der Waals surface area contributed by atoms with Gasteiger partial charge in [0.15, 0.2) is 0 Å². The summed E-state index contributed by atoms with van der Waals surface area (Å²) >= 11 is 0. The van der Waals surface area contributed by atoms with Crippen LogP contribution in [0.4, 0.5) is 0 Å². The van der Waals surface area contributed by atoms with Crippen LogP contribution in [0.25, 0.3) is 0 Å². The molecule has 1 aromatic rings. The van der Waals surface area contributed by atoms with Gasteiger partial charge in [-0.05, 0) is 44.2 Å². The molecule has 0 bridgehead atoms. The minimum Gasteiger partial charge on any atom is -0.381 e. The van der Waals surface area contributed by atoms with E-state index in [0.717, 1.165) is 51.3 Å². The van der Waals surface area contributed by atoms with Gasteiger partial charge < -0.3 is 9.64 Å². The zero-order valence-electron chi connectivity index (χ0n) is 13.6. The van der Waals surface area contributed by atoms with Crippen molar-refractivity contribution in [2.45, 2.75) is 56.8 Å². The highest BCUT2D eigenvalue weighted by Gasteiger charge is 2.44. The Morgan fingerprint density at radius 2 is 2.00 bits per heavy atom. The van der Waals surface area contributed by atoms with Gasteiger partial charge in [0.05, 0.1) is 11.7 Å². The van der Waals surface area contributed by atoms with E-state index in [-0.39, 0.29) is 6.04 Å². The Balaban J connectivity index is 1.46. The van der Waals surface area contributed by atoms with Gasteiger partial charge in [-0.15, -0.1) is 0 Å². The van der Waals surface area contributed by atoms with Gasteiger partial charge in [0.25, 0.3) is 0 Å². The number of pyridine rings is 1. The second-order valence-electron chi connectivity index (χ2n) is 6.90. The average Bonchev–Trinajstić information content (AvgIpc) is 3.37. The van der Waals surface area contributed by atoms with E-state index in [1.54, 1.807) is 0 Å². The average molecular weight is 315 g/mol. The van der Waals surface area contributed by atoms with Crippen molar-refractivity contribution in [1.82, 2.24) is 14.8 Å². The quantitative estimate of drug-likeness (QED) is 0.831. The topological polar surface area (TPSA) is 45.7 Å². The molecule has 124 valence electrons. The fourth-order valence-electron chi connectivity index (χ4n) is 3.93. The summed E-state index contributed by atoms with van der Waals surface area (Å²) in [4.78, 5) is 22.0. The Hall–Kier alpha value is -1.46. The van der Waals surface area contributed by atoms with Crippen LogP contribution in [-0.2, 0) is 16.1 Å².